The molecule has 0 aliphatic heterocycles. The summed E-state index contributed by atoms with van der Waals surface area (Å²) in [6, 6.07) is 3.79. The fraction of sp³-hybridized carbons (Fsp3) is 0.0833. The molecule has 1 aromatic heterocycles. The molecule has 0 saturated carbocycles. The number of aromatic nitrogens is 1. The second kappa shape index (κ2) is 6.71. The zero-order valence-electron chi connectivity index (χ0n) is 10.9. The van der Waals surface area contributed by atoms with Crippen LogP contribution in [0.4, 0.5) is 23.2 Å². The summed E-state index contributed by atoms with van der Waals surface area (Å²) in [5.41, 5.74) is -0.579. The highest BCUT2D eigenvalue weighted by Gasteiger charge is 2.24. The van der Waals surface area contributed by atoms with Gasteiger partial charge in [0.25, 0.3) is 10.0 Å². The molecule has 0 bridgehead atoms. The van der Waals surface area contributed by atoms with Crippen molar-refractivity contribution in [1.82, 2.24) is 4.98 Å². The van der Waals surface area contributed by atoms with Crippen LogP contribution in [0.5, 0.6) is 5.88 Å². The van der Waals surface area contributed by atoms with E-state index in [2.05, 4.69) is 25.7 Å². The van der Waals surface area contributed by atoms with Crippen molar-refractivity contribution in [3.63, 3.8) is 0 Å². The maximum atomic E-state index is 13.8. The number of alkyl halides is 2. The van der Waals surface area contributed by atoms with Crippen molar-refractivity contribution in [2.75, 3.05) is 4.72 Å². The lowest BCUT2D eigenvalue weighted by Gasteiger charge is -2.12. The highest BCUT2D eigenvalue weighted by atomic mass is 79.9. The summed E-state index contributed by atoms with van der Waals surface area (Å²) in [5, 5.41) is 0. The van der Waals surface area contributed by atoms with Crippen LogP contribution in [0.3, 0.4) is 0 Å². The quantitative estimate of drug-likeness (QED) is 0.600. The first-order valence-electron chi connectivity index (χ1n) is 5.78. The zero-order valence-corrected chi connectivity index (χ0v) is 13.3. The number of anilines is 1. The Morgan fingerprint density at radius 2 is 1.91 bits per heavy atom. The molecule has 0 unspecified atom stereocenters. The molecule has 2 aromatic rings. The Balaban J connectivity index is 2.43. The van der Waals surface area contributed by atoms with E-state index >= 15 is 0 Å². The Hall–Kier alpha value is -1.88. The van der Waals surface area contributed by atoms with Crippen molar-refractivity contribution < 1.29 is 30.7 Å². The second-order valence-corrected chi connectivity index (χ2v) is 6.46. The highest BCUT2D eigenvalue weighted by Crippen LogP contribution is 2.29. The number of hydrogen-bond donors (Lipinski definition) is 1. The molecule has 0 aliphatic rings. The van der Waals surface area contributed by atoms with E-state index in [1.807, 2.05) is 4.72 Å². The Labute approximate surface area is 136 Å². The Morgan fingerprint density at radius 3 is 2.57 bits per heavy atom. The largest absolute Gasteiger partial charge is 0.415 e. The first-order valence-corrected chi connectivity index (χ1v) is 8.06. The maximum Gasteiger partial charge on any atom is 0.388 e. The van der Waals surface area contributed by atoms with Crippen molar-refractivity contribution >= 4 is 31.6 Å². The van der Waals surface area contributed by atoms with Crippen LogP contribution in [-0.2, 0) is 10.0 Å². The third kappa shape index (κ3) is 3.91. The number of sulfonamides is 1. The molecule has 0 atom stereocenters. The molecule has 0 radical (unpaired) electrons. The predicted octanol–water partition coefficient (Wildman–Crippen LogP) is 3.52. The molecule has 23 heavy (non-hydrogen) atoms. The fourth-order valence-electron chi connectivity index (χ4n) is 1.56. The number of pyridine rings is 1. The molecule has 11 heteroatoms. The van der Waals surface area contributed by atoms with Crippen LogP contribution in [0, 0.1) is 11.6 Å². The summed E-state index contributed by atoms with van der Waals surface area (Å²) < 4.78 is 81.2. The zero-order chi connectivity index (χ0) is 17.2. The minimum atomic E-state index is -4.50. The lowest BCUT2D eigenvalue weighted by atomic mass is 10.3. The van der Waals surface area contributed by atoms with Crippen molar-refractivity contribution in [3.8, 4) is 5.88 Å². The van der Waals surface area contributed by atoms with Crippen LogP contribution >= 0.6 is 15.9 Å². The van der Waals surface area contributed by atoms with Crippen LogP contribution in [0.1, 0.15) is 0 Å². The molecule has 2 rings (SSSR count). The number of rotatable bonds is 5. The average Bonchev–Trinajstić information content (AvgIpc) is 2.48. The molecule has 5 nitrogen and oxygen atoms in total. The minimum Gasteiger partial charge on any atom is -0.415 e. The summed E-state index contributed by atoms with van der Waals surface area (Å²) in [5.74, 6) is -2.99. The first-order chi connectivity index (χ1) is 10.7. The molecule has 0 aliphatic carbocycles. The molecule has 0 saturated heterocycles. The summed E-state index contributed by atoms with van der Waals surface area (Å²) in [6.45, 7) is -3.30. The average molecular weight is 415 g/mol. The van der Waals surface area contributed by atoms with E-state index < -0.39 is 49.2 Å². The standard InChI is InChI=1S/C12H7BrF4N2O3S/c13-9-6(14)3-4-7(10(9)15)19-23(20,21)8-2-1-5-18-11(8)22-12(16)17/h1-5,12,19H. The smallest absolute Gasteiger partial charge is 0.388 e. The molecular weight excluding hydrogens is 408 g/mol. The minimum absolute atomic E-state index is 0.576. The molecule has 0 spiro atoms. The van der Waals surface area contributed by atoms with Crippen LogP contribution in [0.15, 0.2) is 39.8 Å². The van der Waals surface area contributed by atoms with Gasteiger partial charge in [-0.3, -0.25) is 4.72 Å². The Kier molecular flexibility index (Phi) is 5.09. The number of halogens is 5. The number of ether oxygens (including phenoxy) is 1. The first kappa shape index (κ1) is 17.5. The van der Waals surface area contributed by atoms with Crippen LogP contribution < -0.4 is 9.46 Å². The lowest BCUT2D eigenvalue weighted by Crippen LogP contribution is -2.17. The summed E-state index contributed by atoms with van der Waals surface area (Å²) in [7, 11) is -4.50. The lowest BCUT2D eigenvalue weighted by molar-refractivity contribution is -0.0548. The molecule has 124 valence electrons. The molecule has 0 fully saturated rings. The van der Waals surface area contributed by atoms with Gasteiger partial charge >= 0.3 is 6.61 Å². The highest BCUT2D eigenvalue weighted by molar-refractivity contribution is 9.10. The van der Waals surface area contributed by atoms with Gasteiger partial charge < -0.3 is 4.74 Å². The molecule has 1 heterocycles. The number of nitrogens with zero attached hydrogens (tertiary/aromatic N) is 1. The van der Waals surface area contributed by atoms with Gasteiger partial charge in [0.2, 0.25) is 5.88 Å². The van der Waals surface area contributed by atoms with Gasteiger partial charge in [-0.25, -0.2) is 22.2 Å². The van der Waals surface area contributed by atoms with Crippen LogP contribution in [-0.4, -0.2) is 20.0 Å². The van der Waals surface area contributed by atoms with Crippen LogP contribution in [0.2, 0.25) is 0 Å². The molecule has 1 N–H and O–H groups in total. The van der Waals surface area contributed by atoms with E-state index in [0.29, 0.717) is 0 Å². The van der Waals surface area contributed by atoms with E-state index in [1.165, 1.54) is 6.07 Å². The number of hydrogen-bond acceptors (Lipinski definition) is 4. The van der Waals surface area contributed by atoms with E-state index in [0.717, 1.165) is 24.4 Å². The Morgan fingerprint density at radius 1 is 1.22 bits per heavy atom. The van der Waals surface area contributed by atoms with Crippen molar-refractivity contribution in [1.29, 1.82) is 0 Å². The van der Waals surface area contributed by atoms with Gasteiger partial charge in [-0.15, -0.1) is 0 Å². The third-order valence-electron chi connectivity index (χ3n) is 2.51. The van der Waals surface area contributed by atoms with Gasteiger partial charge in [-0.05, 0) is 40.2 Å². The van der Waals surface area contributed by atoms with Crippen molar-refractivity contribution in [3.05, 3.63) is 46.6 Å². The Bertz CT molecular complexity index is 833. The van der Waals surface area contributed by atoms with Gasteiger partial charge in [-0.1, -0.05) is 0 Å². The summed E-state index contributed by atoms with van der Waals surface area (Å²) >= 11 is 2.62. The van der Waals surface area contributed by atoms with Crippen molar-refractivity contribution in [2.45, 2.75) is 11.5 Å². The molecular formula is C12H7BrF4N2O3S. The van der Waals surface area contributed by atoms with E-state index in [9.17, 15) is 26.0 Å². The van der Waals surface area contributed by atoms with Gasteiger partial charge in [0.05, 0.1) is 10.2 Å². The van der Waals surface area contributed by atoms with Gasteiger partial charge in [0.1, 0.15) is 10.7 Å². The van der Waals surface area contributed by atoms with Crippen molar-refractivity contribution in [2.24, 2.45) is 0 Å². The van der Waals surface area contributed by atoms with E-state index in [-0.39, 0.29) is 0 Å². The summed E-state index contributed by atoms with van der Waals surface area (Å²) in [4.78, 5) is 2.67. The number of nitrogens with one attached hydrogen (secondary N) is 1. The van der Waals surface area contributed by atoms with Gasteiger partial charge in [0, 0.05) is 6.20 Å². The SMILES string of the molecule is O=S(=O)(Nc1ccc(F)c(Br)c1F)c1cccnc1OC(F)F. The summed E-state index contributed by atoms with van der Waals surface area (Å²) in [6.07, 6.45) is 1.05. The normalized spacial score (nSPS) is 11.6. The topological polar surface area (TPSA) is 68.3 Å². The maximum absolute atomic E-state index is 13.8. The second-order valence-electron chi connectivity index (χ2n) is 4.01. The van der Waals surface area contributed by atoms with Crippen LogP contribution in [0.25, 0.3) is 0 Å². The fourth-order valence-corrected chi connectivity index (χ4v) is 3.05. The third-order valence-corrected chi connectivity index (χ3v) is 4.61. The predicted molar refractivity (Wildman–Crippen MR) is 75.7 cm³/mol. The van der Waals surface area contributed by atoms with E-state index in [1.54, 1.807) is 0 Å². The molecule has 1 aromatic carbocycles. The monoisotopic (exact) mass is 414 g/mol. The number of benzene rings is 1. The van der Waals surface area contributed by atoms with E-state index in [4.69, 9.17) is 0 Å². The van der Waals surface area contributed by atoms with Gasteiger partial charge in [0.15, 0.2) is 5.82 Å². The molecule has 0 amide bonds. The van der Waals surface area contributed by atoms with Gasteiger partial charge in [-0.2, -0.15) is 8.78 Å².